The van der Waals surface area contributed by atoms with Crippen LogP contribution in [0.1, 0.15) is 18.1 Å². The number of rotatable bonds is 3. The largest absolute Gasteiger partial charge is 0.335 e. The number of para-hydroxylation sites is 1. The minimum atomic E-state index is -0.741. The third-order valence-electron chi connectivity index (χ3n) is 3.82. The second-order valence-electron chi connectivity index (χ2n) is 5.39. The Bertz CT molecular complexity index is 823. The first-order chi connectivity index (χ1) is 11.6. The van der Waals surface area contributed by atoms with Crippen molar-refractivity contribution >= 4 is 29.6 Å². The number of imide groups is 2. The van der Waals surface area contributed by atoms with E-state index in [2.05, 4.69) is 12.2 Å². The van der Waals surface area contributed by atoms with Gasteiger partial charge in [-0.25, -0.2) is 9.69 Å². The first-order valence-corrected chi connectivity index (χ1v) is 7.65. The molecule has 1 aliphatic rings. The molecule has 0 atom stereocenters. The molecule has 1 heterocycles. The summed E-state index contributed by atoms with van der Waals surface area (Å²) in [4.78, 5) is 37.7. The average Bonchev–Trinajstić information content (AvgIpc) is 2.60. The van der Waals surface area contributed by atoms with Crippen molar-refractivity contribution in [3.63, 3.8) is 0 Å². The molecule has 0 radical (unpaired) electrons. The Labute approximate surface area is 139 Å². The maximum atomic E-state index is 12.7. The van der Waals surface area contributed by atoms with Crippen LogP contribution in [0.25, 0.3) is 6.08 Å². The van der Waals surface area contributed by atoms with Crippen LogP contribution in [0.2, 0.25) is 0 Å². The van der Waals surface area contributed by atoms with Crippen LogP contribution in [0, 0.1) is 0 Å². The van der Waals surface area contributed by atoms with Gasteiger partial charge in [-0.15, -0.1) is 0 Å². The highest BCUT2D eigenvalue weighted by Gasteiger charge is 2.36. The summed E-state index contributed by atoms with van der Waals surface area (Å²) in [6.45, 7) is 2.05. The van der Waals surface area contributed by atoms with Crippen LogP contribution < -0.4 is 10.2 Å². The summed E-state index contributed by atoms with van der Waals surface area (Å²) in [5.74, 6) is -1.31. The second-order valence-corrected chi connectivity index (χ2v) is 5.39. The zero-order valence-electron chi connectivity index (χ0n) is 13.2. The molecular weight excluding hydrogens is 304 g/mol. The van der Waals surface area contributed by atoms with E-state index in [1.165, 1.54) is 6.08 Å². The zero-order chi connectivity index (χ0) is 17.1. The number of hydrogen-bond donors (Lipinski definition) is 1. The van der Waals surface area contributed by atoms with Crippen molar-refractivity contribution < 1.29 is 14.4 Å². The van der Waals surface area contributed by atoms with Gasteiger partial charge in [0.2, 0.25) is 0 Å². The molecule has 2 aromatic rings. The van der Waals surface area contributed by atoms with E-state index in [9.17, 15) is 14.4 Å². The van der Waals surface area contributed by atoms with Gasteiger partial charge in [0.05, 0.1) is 5.69 Å². The van der Waals surface area contributed by atoms with Crippen molar-refractivity contribution in [3.8, 4) is 0 Å². The van der Waals surface area contributed by atoms with Crippen LogP contribution in [-0.4, -0.2) is 17.8 Å². The topological polar surface area (TPSA) is 66.5 Å². The third-order valence-corrected chi connectivity index (χ3v) is 3.82. The number of benzene rings is 2. The van der Waals surface area contributed by atoms with E-state index in [-0.39, 0.29) is 5.57 Å². The highest BCUT2D eigenvalue weighted by atomic mass is 16.2. The van der Waals surface area contributed by atoms with Crippen LogP contribution in [0.15, 0.2) is 60.2 Å². The van der Waals surface area contributed by atoms with E-state index in [1.807, 2.05) is 24.3 Å². The SMILES string of the molecule is CCc1ccc(/C=C2\C(=O)NC(=O)N(c3ccccc3)C2=O)cc1. The number of amides is 4. The number of nitrogens with one attached hydrogen (secondary N) is 1. The van der Waals surface area contributed by atoms with E-state index in [1.54, 1.807) is 30.3 Å². The molecule has 0 unspecified atom stereocenters. The number of hydrogen-bond acceptors (Lipinski definition) is 3. The minimum Gasteiger partial charge on any atom is -0.273 e. The minimum absolute atomic E-state index is 0.0669. The maximum absolute atomic E-state index is 12.7. The number of carbonyl (C=O) groups excluding carboxylic acids is 3. The molecule has 1 N–H and O–H groups in total. The van der Waals surface area contributed by atoms with Crippen LogP contribution in [0.5, 0.6) is 0 Å². The normalized spacial score (nSPS) is 16.5. The number of nitrogens with zero attached hydrogens (tertiary/aromatic N) is 1. The molecule has 0 aromatic heterocycles. The molecule has 0 saturated carbocycles. The molecule has 5 nitrogen and oxygen atoms in total. The lowest BCUT2D eigenvalue weighted by Gasteiger charge is -2.26. The van der Waals surface area contributed by atoms with Crippen LogP contribution in [0.3, 0.4) is 0 Å². The third kappa shape index (κ3) is 2.96. The van der Waals surface area contributed by atoms with Gasteiger partial charge in [0, 0.05) is 0 Å². The summed E-state index contributed by atoms with van der Waals surface area (Å²) < 4.78 is 0. The molecule has 1 aliphatic heterocycles. The molecule has 0 bridgehead atoms. The maximum Gasteiger partial charge on any atom is 0.335 e. The first kappa shape index (κ1) is 15.7. The van der Waals surface area contributed by atoms with E-state index >= 15 is 0 Å². The molecule has 24 heavy (non-hydrogen) atoms. The Morgan fingerprint density at radius 1 is 0.958 bits per heavy atom. The molecular formula is C19H16N2O3. The van der Waals surface area contributed by atoms with Crippen molar-refractivity contribution in [2.24, 2.45) is 0 Å². The summed E-state index contributed by atoms with van der Waals surface area (Å²) >= 11 is 0. The fraction of sp³-hybridized carbons (Fsp3) is 0.105. The Morgan fingerprint density at radius 2 is 1.62 bits per heavy atom. The van der Waals surface area contributed by atoms with Crippen LogP contribution >= 0.6 is 0 Å². The van der Waals surface area contributed by atoms with Crippen molar-refractivity contribution in [3.05, 3.63) is 71.3 Å². The molecule has 1 saturated heterocycles. The van der Waals surface area contributed by atoms with Crippen LogP contribution in [-0.2, 0) is 16.0 Å². The van der Waals surface area contributed by atoms with Gasteiger partial charge in [-0.2, -0.15) is 0 Å². The lowest BCUT2D eigenvalue weighted by atomic mass is 10.0. The fourth-order valence-corrected chi connectivity index (χ4v) is 2.49. The Morgan fingerprint density at radius 3 is 2.25 bits per heavy atom. The molecule has 120 valence electrons. The predicted octanol–water partition coefficient (Wildman–Crippen LogP) is 2.92. The number of aryl methyl sites for hydroxylation is 1. The summed E-state index contributed by atoms with van der Waals surface area (Å²) in [6, 6.07) is 15.3. The van der Waals surface area contributed by atoms with E-state index in [0.29, 0.717) is 5.69 Å². The predicted molar refractivity (Wildman–Crippen MR) is 91.3 cm³/mol. The smallest absolute Gasteiger partial charge is 0.273 e. The van der Waals surface area contributed by atoms with Crippen molar-refractivity contribution in [1.29, 1.82) is 0 Å². The van der Waals surface area contributed by atoms with Gasteiger partial charge >= 0.3 is 6.03 Å². The molecule has 1 fully saturated rings. The van der Waals surface area contributed by atoms with Gasteiger partial charge in [0.15, 0.2) is 0 Å². The summed E-state index contributed by atoms with van der Waals surface area (Å²) in [5.41, 5.74) is 2.24. The molecule has 2 aromatic carbocycles. The van der Waals surface area contributed by atoms with Gasteiger partial charge in [0.25, 0.3) is 11.8 Å². The molecule has 5 heteroatoms. The monoisotopic (exact) mass is 320 g/mol. The van der Waals surface area contributed by atoms with E-state index < -0.39 is 17.8 Å². The molecule has 4 amide bonds. The van der Waals surface area contributed by atoms with Gasteiger partial charge in [0.1, 0.15) is 5.57 Å². The molecule has 0 spiro atoms. The van der Waals surface area contributed by atoms with Gasteiger partial charge < -0.3 is 0 Å². The standard InChI is InChI=1S/C19H16N2O3/c1-2-13-8-10-14(11-9-13)12-16-17(22)20-19(24)21(18(16)23)15-6-4-3-5-7-15/h3-12H,2H2,1H3,(H,20,22,24)/b16-12+. The van der Waals surface area contributed by atoms with Crippen molar-refractivity contribution in [2.45, 2.75) is 13.3 Å². The Kier molecular flexibility index (Phi) is 4.24. The number of anilines is 1. The summed E-state index contributed by atoms with van der Waals surface area (Å²) in [5, 5.41) is 2.21. The Balaban J connectivity index is 1.97. The highest BCUT2D eigenvalue weighted by Crippen LogP contribution is 2.21. The van der Waals surface area contributed by atoms with E-state index in [0.717, 1.165) is 22.4 Å². The quantitative estimate of drug-likeness (QED) is 0.698. The first-order valence-electron chi connectivity index (χ1n) is 7.65. The average molecular weight is 320 g/mol. The van der Waals surface area contributed by atoms with Gasteiger partial charge in [-0.05, 0) is 35.8 Å². The zero-order valence-corrected chi connectivity index (χ0v) is 13.2. The van der Waals surface area contributed by atoms with Crippen molar-refractivity contribution in [2.75, 3.05) is 4.90 Å². The second kappa shape index (κ2) is 6.50. The number of barbiturate groups is 1. The van der Waals surface area contributed by atoms with Gasteiger partial charge in [-0.1, -0.05) is 49.4 Å². The summed E-state index contributed by atoms with van der Waals surface area (Å²) in [7, 11) is 0. The fourth-order valence-electron chi connectivity index (χ4n) is 2.49. The van der Waals surface area contributed by atoms with E-state index in [4.69, 9.17) is 0 Å². The lowest BCUT2D eigenvalue weighted by molar-refractivity contribution is -0.122. The molecule has 3 rings (SSSR count). The highest BCUT2D eigenvalue weighted by molar-refractivity contribution is 6.39. The number of carbonyl (C=O) groups is 3. The summed E-state index contributed by atoms with van der Waals surface area (Å²) in [6.07, 6.45) is 2.41. The lowest BCUT2D eigenvalue weighted by Crippen LogP contribution is -2.54. The molecule has 0 aliphatic carbocycles. The number of urea groups is 1. The van der Waals surface area contributed by atoms with Crippen LogP contribution in [0.4, 0.5) is 10.5 Å². The van der Waals surface area contributed by atoms with Crippen molar-refractivity contribution in [1.82, 2.24) is 5.32 Å². The van der Waals surface area contributed by atoms with Gasteiger partial charge in [-0.3, -0.25) is 14.9 Å². The Hall–Kier alpha value is -3.21.